The Morgan fingerprint density at radius 3 is 2.00 bits per heavy atom. The number of carbonyl (C=O) groups excluding carboxylic acids is 1. The predicted molar refractivity (Wildman–Crippen MR) is 91.2 cm³/mol. The van der Waals surface area contributed by atoms with E-state index in [0.29, 0.717) is 19.5 Å². The summed E-state index contributed by atoms with van der Waals surface area (Å²) in [4.78, 5) is 14.4. The maximum Gasteiger partial charge on any atom is 0.223 e. The lowest BCUT2D eigenvalue weighted by Crippen LogP contribution is -2.30. The van der Waals surface area contributed by atoms with E-state index in [4.69, 9.17) is 8.83 Å². The van der Waals surface area contributed by atoms with Crippen molar-refractivity contribution in [3.8, 4) is 0 Å². The van der Waals surface area contributed by atoms with Gasteiger partial charge in [-0.3, -0.25) is 4.79 Å². The molecule has 0 spiro atoms. The number of rotatable bonds is 7. The molecule has 0 unspecified atom stereocenters. The van der Waals surface area contributed by atoms with Crippen LogP contribution in [-0.2, 0) is 24.3 Å². The highest BCUT2D eigenvalue weighted by Crippen LogP contribution is 2.14. The first kappa shape index (κ1) is 16.1. The topological polar surface area (TPSA) is 46.6 Å². The molecule has 2 heterocycles. The smallest absolute Gasteiger partial charge is 0.223 e. The van der Waals surface area contributed by atoms with E-state index in [1.807, 2.05) is 24.3 Å². The van der Waals surface area contributed by atoms with Crippen molar-refractivity contribution in [3.05, 3.63) is 83.7 Å². The molecular formula is C20H21NO3. The monoisotopic (exact) mass is 323 g/mol. The second kappa shape index (κ2) is 7.68. The molecule has 24 heavy (non-hydrogen) atoms. The molecular weight excluding hydrogens is 302 g/mol. The number of furan rings is 2. The van der Waals surface area contributed by atoms with Crippen molar-refractivity contribution >= 4 is 5.91 Å². The Morgan fingerprint density at radius 2 is 1.50 bits per heavy atom. The number of hydrogen-bond acceptors (Lipinski definition) is 3. The minimum Gasteiger partial charge on any atom is -0.467 e. The van der Waals surface area contributed by atoms with Crippen molar-refractivity contribution in [2.75, 3.05) is 0 Å². The van der Waals surface area contributed by atoms with Crippen molar-refractivity contribution in [3.63, 3.8) is 0 Å². The molecule has 1 aromatic carbocycles. The minimum absolute atomic E-state index is 0.0865. The zero-order chi connectivity index (χ0) is 16.8. The van der Waals surface area contributed by atoms with Crippen LogP contribution in [0.15, 0.2) is 69.9 Å². The van der Waals surface area contributed by atoms with Gasteiger partial charge in [-0.1, -0.05) is 29.8 Å². The fourth-order valence-corrected chi connectivity index (χ4v) is 2.58. The Kier molecular flexibility index (Phi) is 5.16. The van der Waals surface area contributed by atoms with Crippen molar-refractivity contribution in [2.24, 2.45) is 0 Å². The summed E-state index contributed by atoms with van der Waals surface area (Å²) >= 11 is 0. The molecule has 0 fully saturated rings. The van der Waals surface area contributed by atoms with E-state index in [1.165, 1.54) is 11.1 Å². The Morgan fingerprint density at radius 1 is 0.917 bits per heavy atom. The highest BCUT2D eigenvalue weighted by Gasteiger charge is 2.17. The summed E-state index contributed by atoms with van der Waals surface area (Å²) in [7, 11) is 0. The fourth-order valence-electron chi connectivity index (χ4n) is 2.58. The van der Waals surface area contributed by atoms with Gasteiger partial charge in [0.25, 0.3) is 0 Å². The lowest BCUT2D eigenvalue weighted by molar-refractivity contribution is -0.133. The van der Waals surface area contributed by atoms with Gasteiger partial charge in [-0.25, -0.2) is 0 Å². The van der Waals surface area contributed by atoms with E-state index >= 15 is 0 Å². The van der Waals surface area contributed by atoms with Crippen LogP contribution in [0.2, 0.25) is 0 Å². The first-order valence-electron chi connectivity index (χ1n) is 8.09. The van der Waals surface area contributed by atoms with Gasteiger partial charge >= 0.3 is 0 Å². The normalized spacial score (nSPS) is 10.7. The van der Waals surface area contributed by atoms with Gasteiger partial charge in [-0.15, -0.1) is 0 Å². The van der Waals surface area contributed by atoms with Gasteiger partial charge in [0.1, 0.15) is 11.5 Å². The molecule has 0 aliphatic heterocycles. The molecule has 0 aliphatic rings. The van der Waals surface area contributed by atoms with Gasteiger partial charge in [0.15, 0.2) is 0 Å². The third-order valence-electron chi connectivity index (χ3n) is 3.95. The highest BCUT2D eigenvalue weighted by atomic mass is 16.3. The molecule has 0 aliphatic carbocycles. The number of amides is 1. The molecule has 4 heteroatoms. The second-order valence-corrected chi connectivity index (χ2v) is 5.89. The lowest BCUT2D eigenvalue weighted by Gasteiger charge is -2.20. The molecule has 4 nitrogen and oxygen atoms in total. The van der Waals surface area contributed by atoms with Crippen LogP contribution in [0.3, 0.4) is 0 Å². The van der Waals surface area contributed by atoms with Crippen LogP contribution in [0.4, 0.5) is 0 Å². The Labute approximate surface area is 141 Å². The molecule has 0 saturated heterocycles. The summed E-state index contributed by atoms with van der Waals surface area (Å²) in [5.74, 6) is 1.62. The van der Waals surface area contributed by atoms with Crippen molar-refractivity contribution < 1.29 is 13.6 Å². The Hall–Kier alpha value is -2.75. The summed E-state index contributed by atoms with van der Waals surface area (Å²) in [5, 5.41) is 0. The molecule has 0 N–H and O–H groups in total. The Bertz CT molecular complexity index is 707. The first-order valence-corrected chi connectivity index (χ1v) is 8.09. The summed E-state index contributed by atoms with van der Waals surface area (Å²) < 4.78 is 10.8. The van der Waals surface area contributed by atoms with E-state index < -0.39 is 0 Å². The SMILES string of the molecule is Cc1ccc(CCC(=O)N(Cc2ccco2)Cc2ccco2)cc1. The number of hydrogen-bond donors (Lipinski definition) is 0. The van der Waals surface area contributed by atoms with Gasteiger partial charge in [0, 0.05) is 6.42 Å². The largest absolute Gasteiger partial charge is 0.467 e. The first-order chi connectivity index (χ1) is 11.7. The van der Waals surface area contributed by atoms with Crippen LogP contribution in [0.25, 0.3) is 0 Å². The van der Waals surface area contributed by atoms with E-state index in [9.17, 15) is 4.79 Å². The summed E-state index contributed by atoms with van der Waals surface area (Å²) in [5.41, 5.74) is 2.40. The molecule has 0 bridgehead atoms. The van der Waals surface area contributed by atoms with Crippen LogP contribution in [0, 0.1) is 6.92 Å². The van der Waals surface area contributed by atoms with Crippen LogP contribution in [0.5, 0.6) is 0 Å². The molecule has 0 radical (unpaired) electrons. The van der Waals surface area contributed by atoms with Crippen molar-refractivity contribution in [2.45, 2.75) is 32.9 Å². The summed E-state index contributed by atoms with van der Waals surface area (Å²) in [6.07, 6.45) is 4.44. The molecule has 3 rings (SSSR count). The summed E-state index contributed by atoms with van der Waals surface area (Å²) in [6, 6.07) is 15.7. The standard InChI is InChI=1S/C20H21NO3/c1-16-6-8-17(9-7-16)10-11-20(22)21(14-18-4-2-12-23-18)15-19-5-3-13-24-19/h2-9,12-13H,10-11,14-15H2,1H3. The quantitative estimate of drug-likeness (QED) is 0.649. The number of aryl methyl sites for hydroxylation is 2. The number of nitrogens with zero attached hydrogens (tertiary/aromatic N) is 1. The van der Waals surface area contributed by atoms with Gasteiger partial charge < -0.3 is 13.7 Å². The van der Waals surface area contributed by atoms with Crippen LogP contribution < -0.4 is 0 Å². The van der Waals surface area contributed by atoms with E-state index in [2.05, 4.69) is 31.2 Å². The Balaban J connectivity index is 1.64. The van der Waals surface area contributed by atoms with Crippen molar-refractivity contribution in [1.82, 2.24) is 4.90 Å². The van der Waals surface area contributed by atoms with Crippen LogP contribution in [0.1, 0.15) is 29.1 Å². The van der Waals surface area contributed by atoms with Gasteiger partial charge in [-0.05, 0) is 43.2 Å². The molecule has 1 amide bonds. The van der Waals surface area contributed by atoms with Crippen LogP contribution >= 0.6 is 0 Å². The fraction of sp³-hybridized carbons (Fsp3) is 0.250. The maximum atomic E-state index is 12.7. The number of benzene rings is 1. The van der Waals surface area contributed by atoms with Crippen LogP contribution in [-0.4, -0.2) is 10.8 Å². The molecule has 124 valence electrons. The van der Waals surface area contributed by atoms with Gasteiger partial charge in [0.05, 0.1) is 25.6 Å². The zero-order valence-corrected chi connectivity index (χ0v) is 13.8. The summed E-state index contributed by atoms with van der Waals surface area (Å²) in [6.45, 7) is 2.95. The molecule has 0 saturated carbocycles. The van der Waals surface area contributed by atoms with E-state index in [0.717, 1.165) is 17.9 Å². The van der Waals surface area contributed by atoms with Crippen molar-refractivity contribution in [1.29, 1.82) is 0 Å². The average molecular weight is 323 g/mol. The highest BCUT2D eigenvalue weighted by molar-refractivity contribution is 5.76. The maximum absolute atomic E-state index is 12.7. The lowest BCUT2D eigenvalue weighted by atomic mass is 10.1. The predicted octanol–water partition coefficient (Wildman–Crippen LogP) is 4.34. The van der Waals surface area contributed by atoms with E-state index in [1.54, 1.807) is 17.4 Å². The molecule has 0 atom stereocenters. The third-order valence-corrected chi connectivity index (χ3v) is 3.95. The molecule has 3 aromatic rings. The minimum atomic E-state index is 0.0865. The average Bonchev–Trinajstić information content (AvgIpc) is 3.27. The van der Waals surface area contributed by atoms with Gasteiger partial charge in [0.2, 0.25) is 5.91 Å². The third kappa shape index (κ3) is 4.38. The second-order valence-electron chi connectivity index (χ2n) is 5.89. The van der Waals surface area contributed by atoms with Gasteiger partial charge in [-0.2, -0.15) is 0 Å². The number of carbonyl (C=O) groups is 1. The molecule has 2 aromatic heterocycles. The van der Waals surface area contributed by atoms with E-state index in [-0.39, 0.29) is 5.91 Å². The zero-order valence-electron chi connectivity index (χ0n) is 13.8.